The molecule has 1 atom stereocenters. The summed E-state index contributed by atoms with van der Waals surface area (Å²) in [6.45, 7) is 3.10. The third-order valence-corrected chi connectivity index (χ3v) is 5.74. The quantitative estimate of drug-likeness (QED) is 0.863. The number of nitrogens with zero attached hydrogens (tertiary/aromatic N) is 1. The van der Waals surface area contributed by atoms with E-state index >= 15 is 0 Å². The zero-order valence-electron chi connectivity index (χ0n) is 11.9. The average molecular weight is 324 g/mol. The molecule has 1 aromatic heterocycles. The van der Waals surface area contributed by atoms with Crippen molar-refractivity contribution in [3.05, 3.63) is 34.2 Å². The standard InChI is InChI=1S/C16H18ClNO2S/c1-16(20)7-4-9-18(10-8-16)15(19)14-13(17)11-5-2-3-6-12(11)21-14/h2-3,5-6,20H,4,7-10H2,1H3. The van der Waals surface area contributed by atoms with Crippen LogP contribution in [0, 0.1) is 0 Å². The smallest absolute Gasteiger partial charge is 0.265 e. The van der Waals surface area contributed by atoms with Crippen LogP contribution < -0.4 is 0 Å². The van der Waals surface area contributed by atoms with Gasteiger partial charge in [0.15, 0.2) is 0 Å². The second-order valence-electron chi connectivity index (χ2n) is 5.88. The number of rotatable bonds is 1. The van der Waals surface area contributed by atoms with Crippen LogP contribution in [0.2, 0.25) is 5.02 Å². The van der Waals surface area contributed by atoms with Gasteiger partial charge in [-0.15, -0.1) is 11.3 Å². The lowest BCUT2D eigenvalue weighted by atomic mass is 9.98. The van der Waals surface area contributed by atoms with E-state index in [-0.39, 0.29) is 5.91 Å². The van der Waals surface area contributed by atoms with Crippen LogP contribution in [-0.2, 0) is 0 Å². The van der Waals surface area contributed by atoms with Crippen molar-refractivity contribution in [2.75, 3.05) is 13.1 Å². The molecule has 5 heteroatoms. The van der Waals surface area contributed by atoms with Gasteiger partial charge in [-0.2, -0.15) is 0 Å². The summed E-state index contributed by atoms with van der Waals surface area (Å²) in [5.41, 5.74) is -0.668. The molecule has 3 nitrogen and oxygen atoms in total. The zero-order valence-corrected chi connectivity index (χ0v) is 13.5. The topological polar surface area (TPSA) is 40.5 Å². The van der Waals surface area contributed by atoms with Gasteiger partial charge in [-0.3, -0.25) is 4.79 Å². The van der Waals surface area contributed by atoms with E-state index in [1.165, 1.54) is 11.3 Å². The van der Waals surface area contributed by atoms with E-state index in [0.717, 1.165) is 22.9 Å². The van der Waals surface area contributed by atoms with Crippen molar-refractivity contribution in [3.8, 4) is 0 Å². The molecule has 2 heterocycles. The first-order valence-corrected chi connectivity index (χ1v) is 8.36. The van der Waals surface area contributed by atoms with Crippen molar-refractivity contribution in [3.63, 3.8) is 0 Å². The molecule has 1 aliphatic rings. The molecular formula is C16H18ClNO2S. The summed E-state index contributed by atoms with van der Waals surface area (Å²) in [6, 6.07) is 7.80. The Morgan fingerprint density at radius 3 is 2.86 bits per heavy atom. The van der Waals surface area contributed by atoms with Crippen LogP contribution in [0.5, 0.6) is 0 Å². The van der Waals surface area contributed by atoms with Crippen molar-refractivity contribution < 1.29 is 9.90 Å². The SMILES string of the molecule is CC1(O)CCCN(C(=O)c2sc3ccccc3c2Cl)CC1. The van der Waals surface area contributed by atoms with E-state index in [1.54, 1.807) is 0 Å². The fraction of sp³-hybridized carbons (Fsp3) is 0.438. The highest BCUT2D eigenvalue weighted by Gasteiger charge is 2.29. The van der Waals surface area contributed by atoms with Crippen LogP contribution in [0.1, 0.15) is 35.9 Å². The van der Waals surface area contributed by atoms with E-state index in [0.29, 0.717) is 29.4 Å². The number of hydrogen-bond acceptors (Lipinski definition) is 3. The maximum atomic E-state index is 12.7. The van der Waals surface area contributed by atoms with E-state index in [2.05, 4.69) is 0 Å². The lowest BCUT2D eigenvalue weighted by Crippen LogP contribution is -2.33. The Bertz CT molecular complexity index is 680. The van der Waals surface area contributed by atoms with Gasteiger partial charge in [-0.1, -0.05) is 29.8 Å². The van der Waals surface area contributed by atoms with E-state index in [4.69, 9.17) is 11.6 Å². The van der Waals surface area contributed by atoms with E-state index < -0.39 is 5.60 Å². The summed E-state index contributed by atoms with van der Waals surface area (Å²) in [4.78, 5) is 15.2. The normalized spacial score (nSPS) is 23.3. The lowest BCUT2D eigenvalue weighted by Gasteiger charge is -2.22. The van der Waals surface area contributed by atoms with Gasteiger partial charge >= 0.3 is 0 Å². The highest BCUT2D eigenvalue weighted by molar-refractivity contribution is 7.21. The minimum atomic E-state index is -0.668. The maximum Gasteiger partial charge on any atom is 0.265 e. The highest BCUT2D eigenvalue weighted by Crippen LogP contribution is 2.36. The number of benzene rings is 1. The minimum Gasteiger partial charge on any atom is -0.390 e. The minimum absolute atomic E-state index is 0.0149. The Balaban J connectivity index is 1.88. The van der Waals surface area contributed by atoms with Gasteiger partial charge in [0.25, 0.3) is 5.91 Å². The van der Waals surface area contributed by atoms with E-state index in [9.17, 15) is 9.90 Å². The van der Waals surface area contributed by atoms with Crippen LogP contribution in [0.3, 0.4) is 0 Å². The Labute approximate surface area is 133 Å². The van der Waals surface area contributed by atoms with Gasteiger partial charge in [0.1, 0.15) is 4.88 Å². The number of amides is 1. The summed E-state index contributed by atoms with van der Waals surface area (Å²) in [5, 5.41) is 11.6. The predicted octanol–water partition coefficient (Wildman–Crippen LogP) is 3.93. The Hall–Kier alpha value is -1.10. The largest absolute Gasteiger partial charge is 0.390 e. The van der Waals surface area contributed by atoms with Crippen LogP contribution in [0.15, 0.2) is 24.3 Å². The maximum absolute atomic E-state index is 12.7. The van der Waals surface area contributed by atoms with Crippen molar-refractivity contribution in [1.29, 1.82) is 0 Å². The van der Waals surface area contributed by atoms with Crippen molar-refractivity contribution in [1.82, 2.24) is 4.90 Å². The fourth-order valence-corrected chi connectivity index (χ4v) is 4.24. The number of likely N-dealkylation sites (tertiary alicyclic amines) is 1. The molecule has 3 rings (SSSR count). The summed E-state index contributed by atoms with van der Waals surface area (Å²) in [5.74, 6) is -0.0149. The van der Waals surface area contributed by atoms with Crippen LogP contribution in [0.25, 0.3) is 10.1 Å². The molecule has 1 aromatic carbocycles. The third kappa shape index (κ3) is 2.93. The number of carbonyl (C=O) groups is 1. The number of carbonyl (C=O) groups excluding carboxylic acids is 1. The molecule has 0 bridgehead atoms. The summed E-state index contributed by atoms with van der Waals surface area (Å²) >= 11 is 7.83. The number of halogens is 1. The molecule has 0 aliphatic carbocycles. The molecule has 0 spiro atoms. The molecule has 1 unspecified atom stereocenters. The molecule has 1 aliphatic heterocycles. The zero-order chi connectivity index (χ0) is 15.0. The number of aliphatic hydroxyl groups is 1. The van der Waals surface area contributed by atoms with Crippen LogP contribution >= 0.6 is 22.9 Å². The first-order valence-electron chi connectivity index (χ1n) is 7.17. The molecular weight excluding hydrogens is 306 g/mol. The van der Waals surface area contributed by atoms with Gasteiger partial charge in [0, 0.05) is 23.2 Å². The van der Waals surface area contributed by atoms with Crippen molar-refractivity contribution in [2.45, 2.75) is 31.8 Å². The molecule has 21 heavy (non-hydrogen) atoms. The molecule has 0 radical (unpaired) electrons. The van der Waals surface area contributed by atoms with Crippen LogP contribution in [-0.4, -0.2) is 34.6 Å². The molecule has 1 amide bonds. The summed E-state index contributed by atoms with van der Waals surface area (Å²) < 4.78 is 1.03. The first-order chi connectivity index (χ1) is 9.98. The molecule has 112 valence electrons. The monoisotopic (exact) mass is 323 g/mol. The number of fused-ring (bicyclic) bond motifs is 1. The molecule has 1 N–H and O–H groups in total. The fourth-order valence-electron chi connectivity index (χ4n) is 2.76. The van der Waals surface area contributed by atoms with Crippen molar-refractivity contribution >= 4 is 38.9 Å². The first kappa shape index (κ1) is 14.8. The second kappa shape index (κ2) is 5.59. The average Bonchev–Trinajstić information content (AvgIpc) is 2.67. The van der Waals surface area contributed by atoms with Gasteiger partial charge in [0.05, 0.1) is 10.6 Å². The highest BCUT2D eigenvalue weighted by atomic mass is 35.5. The Morgan fingerprint density at radius 1 is 1.33 bits per heavy atom. The third-order valence-electron chi connectivity index (χ3n) is 4.08. The van der Waals surface area contributed by atoms with Crippen LogP contribution in [0.4, 0.5) is 0 Å². The molecule has 2 aromatic rings. The summed E-state index contributed by atoms with van der Waals surface area (Å²) in [7, 11) is 0. The Kier molecular flexibility index (Phi) is 3.95. The summed E-state index contributed by atoms with van der Waals surface area (Å²) in [6.07, 6.45) is 2.17. The second-order valence-corrected chi connectivity index (χ2v) is 7.31. The number of hydrogen-bond donors (Lipinski definition) is 1. The predicted molar refractivity (Wildman–Crippen MR) is 87.2 cm³/mol. The Morgan fingerprint density at radius 2 is 2.10 bits per heavy atom. The molecule has 1 saturated heterocycles. The van der Waals surface area contributed by atoms with Crippen molar-refractivity contribution in [2.24, 2.45) is 0 Å². The van der Waals surface area contributed by atoms with E-state index in [1.807, 2.05) is 36.1 Å². The lowest BCUT2D eigenvalue weighted by molar-refractivity contribution is 0.0438. The van der Waals surface area contributed by atoms with Gasteiger partial charge in [0.2, 0.25) is 0 Å². The van der Waals surface area contributed by atoms with Gasteiger partial charge in [-0.25, -0.2) is 0 Å². The molecule has 0 saturated carbocycles. The van der Waals surface area contributed by atoms with Gasteiger partial charge in [-0.05, 0) is 32.3 Å². The van der Waals surface area contributed by atoms with Gasteiger partial charge < -0.3 is 10.0 Å². The molecule has 1 fully saturated rings. The number of thiophene rings is 1.